The number of hydrogen-bond acceptors (Lipinski definition) is 7. The topological polar surface area (TPSA) is 98.7 Å². The number of aromatic nitrogens is 2. The third-order valence-electron chi connectivity index (χ3n) is 3.96. The predicted molar refractivity (Wildman–Crippen MR) is 93.5 cm³/mol. The Kier molecular flexibility index (Phi) is 5.56. The second kappa shape index (κ2) is 8.04. The fraction of sp³-hybridized carbons (Fsp3) is 0.375. The fourth-order valence-corrected chi connectivity index (χ4v) is 3.25. The Labute approximate surface area is 149 Å². The molecular weight excluding hydrogens is 342 g/mol. The van der Waals surface area contributed by atoms with E-state index in [1.54, 1.807) is 40.9 Å². The molecule has 0 unspecified atom stereocenters. The van der Waals surface area contributed by atoms with E-state index >= 15 is 0 Å². The first-order valence-electron chi connectivity index (χ1n) is 7.95. The lowest BCUT2D eigenvalue weighted by Crippen LogP contribution is -2.56. The molecule has 2 N–H and O–H groups in total. The molecule has 3 heterocycles. The molecule has 0 aromatic carbocycles. The summed E-state index contributed by atoms with van der Waals surface area (Å²) in [7, 11) is 0. The second-order valence-electron chi connectivity index (χ2n) is 5.55. The zero-order valence-electron chi connectivity index (χ0n) is 13.5. The first kappa shape index (κ1) is 17.3. The standard InChI is InChI=1S/C16H19N5O3S/c22-11-12(19-14(23)13-3-1-10-25-13)15(24)20-6-8-21(9-7-20)16-17-4-2-5-18-16/h1-5,10,12,22H,6-9,11H2,(H,19,23)/t12-/m0/s1. The smallest absolute Gasteiger partial charge is 0.262 e. The molecule has 3 rings (SSSR count). The Morgan fingerprint density at radius 1 is 1.20 bits per heavy atom. The summed E-state index contributed by atoms with van der Waals surface area (Å²) in [6, 6.07) is 4.26. The van der Waals surface area contributed by atoms with Crippen molar-refractivity contribution >= 4 is 29.1 Å². The summed E-state index contributed by atoms with van der Waals surface area (Å²) < 4.78 is 0. The van der Waals surface area contributed by atoms with Crippen LogP contribution in [0.3, 0.4) is 0 Å². The molecule has 1 aliphatic rings. The average Bonchev–Trinajstić information content (AvgIpc) is 3.21. The fourth-order valence-electron chi connectivity index (χ4n) is 2.62. The van der Waals surface area contributed by atoms with Gasteiger partial charge in [0.25, 0.3) is 5.91 Å². The SMILES string of the molecule is O=C(N[C@@H](CO)C(=O)N1CCN(c2ncccn2)CC1)c1cccs1. The van der Waals surface area contributed by atoms with Crippen LogP contribution >= 0.6 is 11.3 Å². The van der Waals surface area contributed by atoms with E-state index in [0.717, 1.165) is 0 Å². The van der Waals surface area contributed by atoms with Gasteiger partial charge in [-0.2, -0.15) is 0 Å². The quantitative estimate of drug-likeness (QED) is 0.777. The molecule has 132 valence electrons. The van der Waals surface area contributed by atoms with E-state index in [0.29, 0.717) is 37.0 Å². The van der Waals surface area contributed by atoms with Crippen LogP contribution in [-0.4, -0.2) is 70.6 Å². The maximum atomic E-state index is 12.6. The highest BCUT2D eigenvalue weighted by molar-refractivity contribution is 7.12. The summed E-state index contributed by atoms with van der Waals surface area (Å²) >= 11 is 1.29. The maximum absolute atomic E-state index is 12.6. The van der Waals surface area contributed by atoms with Gasteiger partial charge in [-0.15, -0.1) is 11.3 Å². The van der Waals surface area contributed by atoms with Gasteiger partial charge in [0.1, 0.15) is 6.04 Å². The van der Waals surface area contributed by atoms with Crippen LogP contribution in [0.15, 0.2) is 36.0 Å². The van der Waals surface area contributed by atoms with E-state index < -0.39 is 12.6 Å². The van der Waals surface area contributed by atoms with Crippen LogP contribution in [0.2, 0.25) is 0 Å². The molecule has 1 saturated heterocycles. The van der Waals surface area contributed by atoms with E-state index in [9.17, 15) is 14.7 Å². The molecule has 9 heteroatoms. The molecule has 2 aromatic rings. The van der Waals surface area contributed by atoms with Crippen LogP contribution in [-0.2, 0) is 4.79 Å². The number of amides is 2. The van der Waals surface area contributed by atoms with E-state index in [2.05, 4.69) is 15.3 Å². The Morgan fingerprint density at radius 2 is 1.92 bits per heavy atom. The van der Waals surface area contributed by atoms with Gasteiger partial charge in [-0.05, 0) is 17.5 Å². The van der Waals surface area contributed by atoms with Gasteiger partial charge in [0.2, 0.25) is 11.9 Å². The van der Waals surface area contributed by atoms with Gasteiger partial charge in [-0.1, -0.05) is 6.07 Å². The van der Waals surface area contributed by atoms with Crippen molar-refractivity contribution in [1.82, 2.24) is 20.2 Å². The van der Waals surface area contributed by atoms with Crippen molar-refractivity contribution in [3.8, 4) is 0 Å². The number of rotatable bonds is 5. The van der Waals surface area contributed by atoms with Crippen molar-refractivity contribution in [2.75, 3.05) is 37.7 Å². The number of nitrogens with one attached hydrogen (secondary N) is 1. The first-order valence-corrected chi connectivity index (χ1v) is 8.83. The van der Waals surface area contributed by atoms with Crippen LogP contribution in [0, 0.1) is 0 Å². The molecule has 0 bridgehead atoms. The van der Waals surface area contributed by atoms with E-state index in [1.807, 2.05) is 4.90 Å². The molecule has 0 aliphatic carbocycles. The van der Waals surface area contributed by atoms with Gasteiger partial charge < -0.3 is 20.2 Å². The Bertz CT molecular complexity index is 702. The molecule has 1 atom stereocenters. The Hall–Kier alpha value is -2.52. The monoisotopic (exact) mass is 361 g/mol. The number of carbonyl (C=O) groups excluding carboxylic acids is 2. The van der Waals surface area contributed by atoms with E-state index in [4.69, 9.17) is 0 Å². The highest BCUT2D eigenvalue weighted by Crippen LogP contribution is 2.12. The van der Waals surface area contributed by atoms with Gasteiger partial charge in [-0.25, -0.2) is 9.97 Å². The van der Waals surface area contributed by atoms with Gasteiger partial charge in [-0.3, -0.25) is 9.59 Å². The molecule has 0 saturated carbocycles. The molecule has 1 fully saturated rings. The number of aliphatic hydroxyl groups excluding tert-OH is 1. The number of carbonyl (C=O) groups is 2. The number of hydrogen-bond donors (Lipinski definition) is 2. The van der Waals surface area contributed by atoms with Crippen molar-refractivity contribution in [2.24, 2.45) is 0 Å². The third-order valence-corrected chi connectivity index (χ3v) is 4.83. The predicted octanol–water partition coefficient (Wildman–Crippen LogP) is -0.0224. The number of aliphatic hydroxyl groups is 1. The molecule has 0 radical (unpaired) electrons. The molecule has 1 aliphatic heterocycles. The van der Waals surface area contributed by atoms with Crippen LogP contribution in [0.4, 0.5) is 5.95 Å². The Morgan fingerprint density at radius 3 is 2.52 bits per heavy atom. The molecule has 8 nitrogen and oxygen atoms in total. The lowest BCUT2D eigenvalue weighted by atomic mass is 10.2. The summed E-state index contributed by atoms with van der Waals surface area (Å²) in [5, 5.41) is 13.9. The van der Waals surface area contributed by atoms with Crippen molar-refractivity contribution in [1.29, 1.82) is 0 Å². The minimum Gasteiger partial charge on any atom is -0.394 e. The summed E-state index contributed by atoms with van der Waals surface area (Å²) in [6.07, 6.45) is 3.36. The zero-order chi connectivity index (χ0) is 17.6. The largest absolute Gasteiger partial charge is 0.394 e. The van der Waals surface area contributed by atoms with Gasteiger partial charge in [0.05, 0.1) is 11.5 Å². The van der Waals surface area contributed by atoms with Crippen molar-refractivity contribution in [3.63, 3.8) is 0 Å². The average molecular weight is 361 g/mol. The minimum absolute atomic E-state index is 0.277. The van der Waals surface area contributed by atoms with Crippen LogP contribution in [0.5, 0.6) is 0 Å². The van der Waals surface area contributed by atoms with Crippen LogP contribution in [0.25, 0.3) is 0 Å². The molecule has 2 aromatic heterocycles. The second-order valence-corrected chi connectivity index (χ2v) is 6.49. The van der Waals surface area contributed by atoms with E-state index in [1.165, 1.54) is 11.3 Å². The number of nitrogens with zero attached hydrogens (tertiary/aromatic N) is 4. The number of piperazine rings is 1. The highest BCUT2D eigenvalue weighted by Gasteiger charge is 2.29. The molecular formula is C16H19N5O3S. The maximum Gasteiger partial charge on any atom is 0.262 e. The van der Waals surface area contributed by atoms with Gasteiger partial charge in [0.15, 0.2) is 0 Å². The first-order chi connectivity index (χ1) is 12.2. The van der Waals surface area contributed by atoms with Crippen molar-refractivity contribution < 1.29 is 14.7 Å². The van der Waals surface area contributed by atoms with Crippen molar-refractivity contribution in [2.45, 2.75) is 6.04 Å². The Balaban J connectivity index is 1.56. The lowest BCUT2D eigenvalue weighted by molar-refractivity contribution is -0.134. The molecule has 2 amide bonds. The molecule has 25 heavy (non-hydrogen) atoms. The number of anilines is 1. The van der Waals surface area contributed by atoms with Crippen molar-refractivity contribution in [3.05, 3.63) is 40.8 Å². The summed E-state index contributed by atoms with van der Waals surface area (Å²) in [4.78, 5) is 37.2. The van der Waals surface area contributed by atoms with Crippen LogP contribution in [0.1, 0.15) is 9.67 Å². The van der Waals surface area contributed by atoms with Gasteiger partial charge in [0, 0.05) is 38.6 Å². The highest BCUT2D eigenvalue weighted by atomic mass is 32.1. The summed E-state index contributed by atoms with van der Waals surface area (Å²) in [6.45, 7) is 1.75. The summed E-state index contributed by atoms with van der Waals surface area (Å²) in [5.74, 6) is 0.0130. The minimum atomic E-state index is -0.936. The normalized spacial score (nSPS) is 15.7. The number of thiophene rings is 1. The van der Waals surface area contributed by atoms with Crippen LogP contribution < -0.4 is 10.2 Å². The summed E-state index contributed by atoms with van der Waals surface area (Å²) in [5.41, 5.74) is 0. The van der Waals surface area contributed by atoms with Gasteiger partial charge >= 0.3 is 0 Å². The zero-order valence-corrected chi connectivity index (χ0v) is 14.4. The van der Waals surface area contributed by atoms with E-state index in [-0.39, 0.29) is 11.8 Å². The third kappa shape index (κ3) is 4.12. The lowest BCUT2D eigenvalue weighted by Gasteiger charge is -2.36. The molecule has 0 spiro atoms.